The molecule has 0 radical (unpaired) electrons. The molecule has 0 amide bonds. The van der Waals surface area contributed by atoms with Gasteiger partial charge in [-0.15, -0.1) is 0 Å². The molecule has 0 saturated heterocycles. The van der Waals surface area contributed by atoms with Crippen LogP contribution in [-0.2, 0) is 6.61 Å². The zero-order valence-electron chi connectivity index (χ0n) is 12.0. The standard InChI is InChI=1S/C17H16BrNO2/c1-3-20-16-9-13(10-19)8-15(18)17(16)21-11-14-7-5-4-6-12(14)2/h4-9H,3,11H2,1-2H3. The molecule has 0 aromatic heterocycles. The molecule has 0 bridgehead atoms. The smallest absolute Gasteiger partial charge is 0.175 e. The lowest BCUT2D eigenvalue weighted by Gasteiger charge is -2.15. The number of halogens is 1. The Bertz CT molecular complexity index is 677. The Morgan fingerprint density at radius 1 is 1.19 bits per heavy atom. The number of rotatable bonds is 5. The van der Waals surface area contributed by atoms with Crippen molar-refractivity contribution in [2.24, 2.45) is 0 Å². The molecular formula is C17H16BrNO2. The van der Waals surface area contributed by atoms with Gasteiger partial charge in [-0.05, 0) is 47.0 Å². The van der Waals surface area contributed by atoms with Gasteiger partial charge in [0.15, 0.2) is 11.5 Å². The molecule has 0 aliphatic heterocycles. The third kappa shape index (κ3) is 3.77. The minimum absolute atomic E-state index is 0.456. The van der Waals surface area contributed by atoms with Crippen molar-refractivity contribution in [1.82, 2.24) is 0 Å². The van der Waals surface area contributed by atoms with Crippen LogP contribution in [0.25, 0.3) is 0 Å². The molecule has 0 atom stereocenters. The summed E-state index contributed by atoms with van der Waals surface area (Å²) in [5, 5.41) is 9.02. The molecule has 2 rings (SSSR count). The van der Waals surface area contributed by atoms with Gasteiger partial charge in [-0.1, -0.05) is 24.3 Å². The SMILES string of the molecule is CCOc1cc(C#N)cc(Br)c1OCc1ccccc1C. The highest BCUT2D eigenvalue weighted by Gasteiger charge is 2.13. The Balaban J connectivity index is 2.27. The van der Waals surface area contributed by atoms with Crippen LogP contribution in [0.3, 0.4) is 0 Å². The van der Waals surface area contributed by atoms with Crippen molar-refractivity contribution < 1.29 is 9.47 Å². The van der Waals surface area contributed by atoms with Crippen LogP contribution in [-0.4, -0.2) is 6.61 Å². The largest absolute Gasteiger partial charge is 0.490 e. The first-order chi connectivity index (χ1) is 10.2. The zero-order valence-corrected chi connectivity index (χ0v) is 13.6. The van der Waals surface area contributed by atoms with E-state index in [9.17, 15) is 0 Å². The Labute approximate surface area is 133 Å². The van der Waals surface area contributed by atoms with Crippen molar-refractivity contribution >= 4 is 15.9 Å². The van der Waals surface area contributed by atoms with Crippen LogP contribution in [0.5, 0.6) is 11.5 Å². The number of hydrogen-bond donors (Lipinski definition) is 0. The lowest BCUT2D eigenvalue weighted by molar-refractivity contribution is 0.267. The summed E-state index contributed by atoms with van der Waals surface area (Å²) in [6, 6.07) is 13.6. The van der Waals surface area contributed by atoms with Crippen molar-refractivity contribution in [3.05, 3.63) is 57.6 Å². The van der Waals surface area contributed by atoms with Gasteiger partial charge < -0.3 is 9.47 Å². The second kappa shape index (κ2) is 7.14. The molecule has 0 saturated carbocycles. The average molecular weight is 346 g/mol. The van der Waals surface area contributed by atoms with Crippen molar-refractivity contribution in [2.75, 3.05) is 6.61 Å². The minimum Gasteiger partial charge on any atom is -0.490 e. The molecule has 0 spiro atoms. The van der Waals surface area contributed by atoms with E-state index in [1.165, 1.54) is 5.56 Å². The first kappa shape index (κ1) is 15.4. The second-order valence-corrected chi connectivity index (χ2v) is 5.40. The van der Waals surface area contributed by atoms with Gasteiger partial charge >= 0.3 is 0 Å². The fourth-order valence-electron chi connectivity index (χ4n) is 1.96. The molecule has 0 aliphatic rings. The van der Waals surface area contributed by atoms with E-state index in [4.69, 9.17) is 14.7 Å². The number of benzene rings is 2. The molecule has 4 heteroatoms. The molecule has 0 fully saturated rings. The summed E-state index contributed by atoms with van der Waals surface area (Å²) in [6.45, 7) is 4.92. The van der Waals surface area contributed by atoms with E-state index in [0.29, 0.717) is 30.3 Å². The maximum atomic E-state index is 9.02. The number of aryl methyl sites for hydroxylation is 1. The van der Waals surface area contributed by atoms with Crippen molar-refractivity contribution in [2.45, 2.75) is 20.5 Å². The third-order valence-corrected chi connectivity index (χ3v) is 3.66. The highest BCUT2D eigenvalue weighted by Crippen LogP contribution is 2.37. The molecule has 3 nitrogen and oxygen atoms in total. The molecule has 0 aliphatic carbocycles. The summed E-state index contributed by atoms with van der Waals surface area (Å²) in [5.41, 5.74) is 2.84. The van der Waals surface area contributed by atoms with Gasteiger partial charge in [-0.25, -0.2) is 0 Å². The van der Waals surface area contributed by atoms with E-state index in [2.05, 4.69) is 35.0 Å². The van der Waals surface area contributed by atoms with Gasteiger partial charge in [-0.3, -0.25) is 0 Å². The highest BCUT2D eigenvalue weighted by molar-refractivity contribution is 9.10. The van der Waals surface area contributed by atoms with Crippen LogP contribution < -0.4 is 9.47 Å². The van der Waals surface area contributed by atoms with E-state index in [0.717, 1.165) is 10.0 Å². The summed E-state index contributed by atoms with van der Waals surface area (Å²) in [4.78, 5) is 0. The predicted octanol–water partition coefficient (Wildman–Crippen LogP) is 4.61. The number of nitriles is 1. The van der Waals surface area contributed by atoms with Crippen molar-refractivity contribution in [3.63, 3.8) is 0 Å². The van der Waals surface area contributed by atoms with E-state index in [1.807, 2.05) is 25.1 Å². The van der Waals surface area contributed by atoms with Crippen LogP contribution in [0.4, 0.5) is 0 Å². The maximum absolute atomic E-state index is 9.02. The summed E-state index contributed by atoms with van der Waals surface area (Å²) >= 11 is 3.44. The van der Waals surface area contributed by atoms with E-state index in [1.54, 1.807) is 12.1 Å². The van der Waals surface area contributed by atoms with Crippen molar-refractivity contribution in [1.29, 1.82) is 5.26 Å². The molecule has 2 aromatic rings. The summed E-state index contributed by atoms with van der Waals surface area (Å²) < 4.78 is 12.2. The van der Waals surface area contributed by atoms with E-state index < -0.39 is 0 Å². The van der Waals surface area contributed by atoms with Crippen LogP contribution in [0, 0.1) is 18.3 Å². The summed E-state index contributed by atoms with van der Waals surface area (Å²) in [7, 11) is 0. The Morgan fingerprint density at radius 2 is 1.95 bits per heavy atom. The molecular weight excluding hydrogens is 330 g/mol. The zero-order chi connectivity index (χ0) is 15.2. The molecule has 0 N–H and O–H groups in total. The monoisotopic (exact) mass is 345 g/mol. The molecule has 21 heavy (non-hydrogen) atoms. The third-order valence-electron chi connectivity index (χ3n) is 3.07. The topological polar surface area (TPSA) is 42.2 Å². The first-order valence-corrected chi connectivity index (χ1v) is 7.48. The highest BCUT2D eigenvalue weighted by atomic mass is 79.9. The van der Waals surface area contributed by atoms with Gasteiger partial charge in [0.25, 0.3) is 0 Å². The van der Waals surface area contributed by atoms with Gasteiger partial charge in [0, 0.05) is 6.07 Å². The molecule has 2 aromatic carbocycles. The van der Waals surface area contributed by atoms with Gasteiger partial charge in [0.05, 0.1) is 22.7 Å². The lowest BCUT2D eigenvalue weighted by Crippen LogP contribution is -2.02. The van der Waals surface area contributed by atoms with Crippen LogP contribution in [0.15, 0.2) is 40.9 Å². The van der Waals surface area contributed by atoms with Crippen LogP contribution >= 0.6 is 15.9 Å². The van der Waals surface area contributed by atoms with E-state index in [-0.39, 0.29) is 0 Å². The Kier molecular flexibility index (Phi) is 5.24. The molecule has 0 heterocycles. The average Bonchev–Trinajstić information content (AvgIpc) is 2.48. The van der Waals surface area contributed by atoms with Crippen LogP contribution in [0.2, 0.25) is 0 Å². The van der Waals surface area contributed by atoms with E-state index >= 15 is 0 Å². The lowest BCUT2D eigenvalue weighted by atomic mass is 10.1. The maximum Gasteiger partial charge on any atom is 0.175 e. The van der Waals surface area contributed by atoms with Gasteiger partial charge in [0.2, 0.25) is 0 Å². The second-order valence-electron chi connectivity index (χ2n) is 4.55. The molecule has 0 unspecified atom stereocenters. The first-order valence-electron chi connectivity index (χ1n) is 6.69. The normalized spacial score (nSPS) is 10.0. The number of nitrogens with zero attached hydrogens (tertiary/aromatic N) is 1. The number of ether oxygens (including phenoxy) is 2. The Morgan fingerprint density at radius 3 is 2.62 bits per heavy atom. The number of hydrogen-bond acceptors (Lipinski definition) is 3. The Hall–Kier alpha value is -1.99. The summed E-state index contributed by atoms with van der Waals surface area (Å²) in [5.74, 6) is 1.20. The van der Waals surface area contributed by atoms with Gasteiger partial charge in [0.1, 0.15) is 6.61 Å². The van der Waals surface area contributed by atoms with Crippen LogP contribution in [0.1, 0.15) is 23.6 Å². The molecule has 108 valence electrons. The fourth-order valence-corrected chi connectivity index (χ4v) is 2.51. The summed E-state index contributed by atoms with van der Waals surface area (Å²) in [6.07, 6.45) is 0. The fraction of sp³-hybridized carbons (Fsp3) is 0.235. The minimum atomic E-state index is 0.456. The van der Waals surface area contributed by atoms with Gasteiger partial charge in [-0.2, -0.15) is 5.26 Å². The van der Waals surface area contributed by atoms with Crippen molar-refractivity contribution in [3.8, 4) is 17.6 Å². The predicted molar refractivity (Wildman–Crippen MR) is 85.5 cm³/mol. The quantitative estimate of drug-likeness (QED) is 0.794.